The number of fused-ring (bicyclic) bond motifs is 9. The van der Waals surface area contributed by atoms with Crippen LogP contribution in [-0.4, -0.2) is 24.1 Å². The monoisotopic (exact) mass is 669 g/mol. The third-order valence-corrected chi connectivity index (χ3v) is 11.1. The third kappa shape index (κ3) is 4.30. The second kappa shape index (κ2) is 10.9. The van der Waals surface area contributed by atoms with Crippen molar-refractivity contribution in [1.82, 2.24) is 24.1 Å². The molecule has 0 saturated heterocycles. The molecule has 0 atom stereocenters. The Morgan fingerprint density at radius 3 is 1.63 bits per heavy atom. The number of benzene rings is 7. The molecule has 4 heterocycles. The van der Waals surface area contributed by atoms with Crippen LogP contribution in [0.15, 0.2) is 164 Å². The summed E-state index contributed by atoms with van der Waals surface area (Å²) in [5, 5.41) is 7.13. The van der Waals surface area contributed by atoms with E-state index in [9.17, 15) is 0 Å². The molecule has 0 amide bonds. The highest BCUT2D eigenvalue weighted by Gasteiger charge is 2.21. The maximum absolute atomic E-state index is 5.28. The Labute approximate surface area is 296 Å². The Hall–Kier alpha value is -6.63. The Balaban J connectivity index is 1.22. The van der Waals surface area contributed by atoms with E-state index < -0.39 is 0 Å². The minimum atomic E-state index is 0.589. The van der Waals surface area contributed by atoms with Crippen molar-refractivity contribution in [3.8, 4) is 34.4 Å². The van der Waals surface area contributed by atoms with Gasteiger partial charge >= 0.3 is 0 Å². The highest BCUT2D eigenvalue weighted by Crippen LogP contribution is 2.40. The van der Waals surface area contributed by atoms with Crippen LogP contribution in [0.4, 0.5) is 0 Å². The first-order valence-corrected chi connectivity index (χ1v) is 17.9. The van der Waals surface area contributed by atoms with Crippen molar-refractivity contribution in [2.45, 2.75) is 0 Å². The second-order valence-electron chi connectivity index (χ2n) is 12.9. The molecule has 0 N–H and O–H groups in total. The van der Waals surface area contributed by atoms with E-state index in [-0.39, 0.29) is 0 Å². The predicted molar refractivity (Wildman–Crippen MR) is 212 cm³/mol. The zero-order chi connectivity index (χ0) is 33.5. The van der Waals surface area contributed by atoms with Crippen molar-refractivity contribution in [1.29, 1.82) is 0 Å². The summed E-state index contributed by atoms with van der Waals surface area (Å²) in [6.07, 6.45) is 0. The van der Waals surface area contributed by atoms with Gasteiger partial charge < -0.3 is 4.57 Å². The molecule has 4 aromatic heterocycles. The van der Waals surface area contributed by atoms with Gasteiger partial charge in [0.25, 0.3) is 0 Å². The van der Waals surface area contributed by atoms with Crippen LogP contribution in [0.5, 0.6) is 0 Å². The van der Waals surface area contributed by atoms with Crippen LogP contribution in [0, 0.1) is 0 Å². The summed E-state index contributed by atoms with van der Waals surface area (Å²) in [5.41, 5.74) is 7.47. The summed E-state index contributed by atoms with van der Waals surface area (Å²) in [6, 6.07) is 57.8. The Morgan fingerprint density at radius 1 is 0.353 bits per heavy atom. The standard InChI is InChI=1S/C45H27N5S/c1-3-13-28(14-4-1)43-46-44(29-23-24-42-36(25-29)33-19-9-12-22-41(33)51-42)48-45(47-43)50-38-21-11-8-18-32(38)35-26-39-34(27-40(35)50)31-17-7-10-20-37(31)49(39)30-15-5-2-6-16-30/h1-27H. The van der Waals surface area contributed by atoms with Gasteiger partial charge in [0.2, 0.25) is 5.95 Å². The van der Waals surface area contributed by atoms with Crippen LogP contribution < -0.4 is 0 Å². The summed E-state index contributed by atoms with van der Waals surface area (Å²) in [4.78, 5) is 15.6. The molecular weight excluding hydrogens is 643 g/mol. The average molecular weight is 670 g/mol. The van der Waals surface area contributed by atoms with Gasteiger partial charge in [0, 0.05) is 58.5 Å². The number of para-hydroxylation sites is 3. The van der Waals surface area contributed by atoms with E-state index in [4.69, 9.17) is 15.0 Å². The Morgan fingerprint density at radius 2 is 0.902 bits per heavy atom. The maximum atomic E-state index is 5.28. The molecule has 0 saturated carbocycles. The van der Waals surface area contributed by atoms with E-state index in [1.54, 1.807) is 0 Å². The molecule has 6 heteroatoms. The maximum Gasteiger partial charge on any atom is 0.238 e. The van der Waals surface area contributed by atoms with Gasteiger partial charge in [-0.05, 0) is 60.7 Å². The van der Waals surface area contributed by atoms with Crippen LogP contribution in [0.3, 0.4) is 0 Å². The molecule has 0 aliphatic rings. The predicted octanol–water partition coefficient (Wildman–Crippen LogP) is 11.8. The van der Waals surface area contributed by atoms with Crippen LogP contribution in [-0.2, 0) is 0 Å². The van der Waals surface area contributed by atoms with Crippen molar-refractivity contribution in [3.05, 3.63) is 164 Å². The SMILES string of the molecule is c1ccc(-c2nc(-c3ccc4sc5ccccc5c4c3)nc(-n3c4ccccc4c4cc5c(cc43)c3ccccc3n5-c3ccccc3)n2)cc1. The number of hydrogen-bond acceptors (Lipinski definition) is 4. The smallest absolute Gasteiger partial charge is 0.238 e. The molecule has 0 aliphatic carbocycles. The van der Waals surface area contributed by atoms with Gasteiger partial charge in [0.1, 0.15) is 0 Å². The summed E-state index contributed by atoms with van der Waals surface area (Å²) >= 11 is 1.81. The fourth-order valence-electron chi connectivity index (χ4n) is 7.68. The fourth-order valence-corrected chi connectivity index (χ4v) is 8.76. The van der Waals surface area contributed by atoms with Crippen molar-refractivity contribution in [2.75, 3.05) is 0 Å². The number of thiophene rings is 1. The van der Waals surface area contributed by atoms with Crippen LogP contribution in [0.1, 0.15) is 0 Å². The first-order valence-electron chi connectivity index (χ1n) is 17.0. The number of hydrogen-bond donors (Lipinski definition) is 0. The molecule has 0 bridgehead atoms. The topological polar surface area (TPSA) is 48.5 Å². The van der Waals surface area contributed by atoms with Crippen LogP contribution in [0.2, 0.25) is 0 Å². The highest BCUT2D eigenvalue weighted by molar-refractivity contribution is 7.25. The summed E-state index contributed by atoms with van der Waals surface area (Å²) in [5.74, 6) is 1.87. The van der Waals surface area contributed by atoms with Gasteiger partial charge in [-0.15, -0.1) is 11.3 Å². The lowest BCUT2D eigenvalue weighted by Crippen LogP contribution is -2.06. The van der Waals surface area contributed by atoms with E-state index in [0.717, 1.165) is 44.1 Å². The molecule has 0 spiro atoms. The van der Waals surface area contributed by atoms with Crippen molar-refractivity contribution < 1.29 is 0 Å². The molecule has 0 fully saturated rings. The summed E-state index contributed by atoms with van der Waals surface area (Å²) < 4.78 is 7.11. The molecule has 51 heavy (non-hydrogen) atoms. The zero-order valence-electron chi connectivity index (χ0n) is 27.2. The van der Waals surface area contributed by atoms with E-state index in [0.29, 0.717) is 17.6 Å². The molecular formula is C45H27N5S. The lowest BCUT2D eigenvalue weighted by molar-refractivity contribution is 0.954. The Kier molecular flexibility index (Phi) is 6.05. The first kappa shape index (κ1) is 28.2. The highest BCUT2D eigenvalue weighted by atomic mass is 32.1. The van der Waals surface area contributed by atoms with Crippen molar-refractivity contribution >= 4 is 75.1 Å². The van der Waals surface area contributed by atoms with Gasteiger partial charge in [-0.2, -0.15) is 9.97 Å². The quantitative estimate of drug-likeness (QED) is 0.187. The Bertz CT molecular complexity index is 3140. The number of rotatable bonds is 4. The van der Waals surface area contributed by atoms with E-state index in [1.807, 2.05) is 29.5 Å². The van der Waals surface area contributed by atoms with E-state index in [1.165, 1.54) is 36.5 Å². The average Bonchev–Trinajstić information content (AvgIpc) is 3.84. The largest absolute Gasteiger partial charge is 0.309 e. The molecule has 5 nitrogen and oxygen atoms in total. The molecule has 0 aliphatic heterocycles. The summed E-state index contributed by atoms with van der Waals surface area (Å²) in [6.45, 7) is 0. The van der Waals surface area contributed by atoms with E-state index >= 15 is 0 Å². The molecule has 0 radical (unpaired) electrons. The normalized spacial score (nSPS) is 11.9. The number of nitrogens with zero attached hydrogens (tertiary/aromatic N) is 5. The first-order chi connectivity index (χ1) is 25.3. The van der Waals surface area contributed by atoms with Crippen LogP contribution in [0.25, 0.3) is 98.2 Å². The van der Waals surface area contributed by atoms with E-state index in [2.05, 4.69) is 155 Å². The van der Waals surface area contributed by atoms with Crippen LogP contribution >= 0.6 is 11.3 Å². The van der Waals surface area contributed by atoms with Crippen molar-refractivity contribution in [2.24, 2.45) is 0 Å². The minimum Gasteiger partial charge on any atom is -0.309 e. The molecule has 7 aromatic carbocycles. The minimum absolute atomic E-state index is 0.589. The molecule has 0 unspecified atom stereocenters. The molecule has 11 rings (SSSR count). The van der Waals surface area contributed by atoms with Gasteiger partial charge in [-0.3, -0.25) is 4.57 Å². The fraction of sp³-hybridized carbons (Fsp3) is 0. The van der Waals surface area contributed by atoms with Gasteiger partial charge in [0.15, 0.2) is 11.6 Å². The molecule has 11 aromatic rings. The third-order valence-electron chi connectivity index (χ3n) is 9.97. The summed E-state index contributed by atoms with van der Waals surface area (Å²) in [7, 11) is 0. The molecule has 238 valence electrons. The van der Waals surface area contributed by atoms with Gasteiger partial charge in [-0.1, -0.05) is 103 Å². The number of aromatic nitrogens is 5. The van der Waals surface area contributed by atoms with Gasteiger partial charge in [0.05, 0.1) is 22.1 Å². The van der Waals surface area contributed by atoms with Gasteiger partial charge in [-0.25, -0.2) is 4.98 Å². The zero-order valence-corrected chi connectivity index (χ0v) is 28.0. The van der Waals surface area contributed by atoms with Crippen molar-refractivity contribution in [3.63, 3.8) is 0 Å². The lowest BCUT2D eigenvalue weighted by atomic mass is 10.1. The lowest BCUT2D eigenvalue weighted by Gasteiger charge is -2.11. The second-order valence-corrected chi connectivity index (χ2v) is 14.0.